The minimum Gasteiger partial charge on any atom is -0.379 e. The number of carbonyl (C=O) groups excluding carboxylic acids is 1. The first-order valence-corrected chi connectivity index (χ1v) is 7.98. The Morgan fingerprint density at radius 2 is 2.21 bits per heavy atom. The highest BCUT2D eigenvalue weighted by molar-refractivity contribution is 5.94. The number of aromatic amines is 1. The van der Waals surface area contributed by atoms with Crippen LogP contribution in [0.25, 0.3) is 0 Å². The average molecular weight is 330 g/mol. The molecule has 8 nitrogen and oxygen atoms in total. The van der Waals surface area contributed by atoms with Gasteiger partial charge >= 0.3 is 0 Å². The molecule has 2 N–H and O–H groups in total. The lowest BCUT2D eigenvalue weighted by atomic mass is 10.0. The van der Waals surface area contributed by atoms with Crippen molar-refractivity contribution in [2.75, 3.05) is 25.5 Å². The third-order valence-corrected chi connectivity index (χ3v) is 4.12. The Kier molecular flexibility index (Phi) is 4.75. The molecule has 3 rings (SSSR count). The van der Waals surface area contributed by atoms with Gasteiger partial charge in [0.2, 0.25) is 0 Å². The number of hydrogen-bond donors (Lipinski definition) is 2. The van der Waals surface area contributed by atoms with Gasteiger partial charge in [-0.05, 0) is 26.0 Å². The largest absolute Gasteiger partial charge is 0.379 e. The molecule has 2 aromatic heterocycles. The van der Waals surface area contributed by atoms with Gasteiger partial charge in [0.15, 0.2) is 0 Å². The molecule has 1 aliphatic heterocycles. The number of hydrogen-bond acceptors (Lipinski definition) is 6. The van der Waals surface area contributed by atoms with Crippen molar-refractivity contribution in [2.24, 2.45) is 0 Å². The number of methoxy groups -OCH3 is 1. The van der Waals surface area contributed by atoms with Crippen LogP contribution in [0, 0.1) is 0 Å². The molecule has 1 fully saturated rings. The van der Waals surface area contributed by atoms with E-state index in [4.69, 9.17) is 4.74 Å². The van der Waals surface area contributed by atoms with E-state index in [1.165, 1.54) is 0 Å². The van der Waals surface area contributed by atoms with Crippen LogP contribution in [0.4, 0.5) is 5.82 Å². The SMILES string of the molecule is CO[C@@H]1CN(C(=O)c2ccc(NC(C)C)nc2)C[C@H]1c1cn[nH]n1. The van der Waals surface area contributed by atoms with Crippen LogP contribution in [0.15, 0.2) is 24.5 Å². The normalized spacial score (nSPS) is 20.6. The molecule has 1 saturated heterocycles. The molecule has 24 heavy (non-hydrogen) atoms. The number of amides is 1. The first kappa shape index (κ1) is 16.4. The van der Waals surface area contributed by atoms with Gasteiger partial charge < -0.3 is 15.0 Å². The minimum atomic E-state index is -0.0890. The van der Waals surface area contributed by atoms with Crippen molar-refractivity contribution in [3.05, 3.63) is 35.8 Å². The molecule has 0 spiro atoms. The number of nitrogens with zero attached hydrogens (tertiary/aromatic N) is 4. The molecule has 1 amide bonds. The van der Waals surface area contributed by atoms with Crippen molar-refractivity contribution in [3.8, 4) is 0 Å². The van der Waals surface area contributed by atoms with Crippen LogP contribution in [-0.4, -0.2) is 63.5 Å². The molecule has 128 valence electrons. The van der Waals surface area contributed by atoms with Crippen LogP contribution in [0.1, 0.15) is 35.8 Å². The summed E-state index contributed by atoms with van der Waals surface area (Å²) in [4.78, 5) is 18.8. The monoisotopic (exact) mass is 330 g/mol. The average Bonchev–Trinajstić information content (AvgIpc) is 3.23. The summed E-state index contributed by atoms with van der Waals surface area (Å²) in [5.41, 5.74) is 1.38. The third kappa shape index (κ3) is 3.38. The summed E-state index contributed by atoms with van der Waals surface area (Å²) < 4.78 is 5.53. The Balaban J connectivity index is 1.71. The van der Waals surface area contributed by atoms with Crippen molar-refractivity contribution in [1.29, 1.82) is 0 Å². The molecule has 2 atom stereocenters. The predicted octanol–water partition coefficient (Wildman–Crippen LogP) is 1.27. The highest BCUT2D eigenvalue weighted by atomic mass is 16.5. The van der Waals surface area contributed by atoms with E-state index in [2.05, 4.69) is 25.7 Å². The molecule has 1 aliphatic rings. The van der Waals surface area contributed by atoms with Gasteiger partial charge in [-0.2, -0.15) is 15.4 Å². The second-order valence-electron chi connectivity index (χ2n) is 6.22. The highest BCUT2D eigenvalue weighted by Crippen LogP contribution is 2.28. The van der Waals surface area contributed by atoms with E-state index in [0.29, 0.717) is 24.7 Å². The molecule has 3 heterocycles. The fourth-order valence-corrected chi connectivity index (χ4v) is 2.94. The van der Waals surface area contributed by atoms with Crippen LogP contribution < -0.4 is 5.32 Å². The lowest BCUT2D eigenvalue weighted by Gasteiger charge is -2.16. The van der Waals surface area contributed by atoms with Gasteiger partial charge in [-0.25, -0.2) is 4.98 Å². The maximum atomic E-state index is 12.7. The van der Waals surface area contributed by atoms with E-state index in [0.717, 1.165) is 11.5 Å². The van der Waals surface area contributed by atoms with Crippen LogP contribution in [-0.2, 0) is 4.74 Å². The Morgan fingerprint density at radius 1 is 1.38 bits per heavy atom. The molecule has 2 aromatic rings. The molecule has 0 unspecified atom stereocenters. The zero-order valence-corrected chi connectivity index (χ0v) is 14.1. The Hall–Kier alpha value is -2.48. The van der Waals surface area contributed by atoms with Gasteiger partial charge in [-0.15, -0.1) is 0 Å². The number of H-pyrrole nitrogens is 1. The number of anilines is 1. The number of aromatic nitrogens is 4. The second kappa shape index (κ2) is 6.96. The van der Waals surface area contributed by atoms with E-state index in [-0.39, 0.29) is 17.9 Å². The Bertz CT molecular complexity index is 670. The lowest BCUT2D eigenvalue weighted by Crippen LogP contribution is -2.30. The summed E-state index contributed by atoms with van der Waals surface area (Å²) >= 11 is 0. The topological polar surface area (TPSA) is 96.0 Å². The summed E-state index contributed by atoms with van der Waals surface area (Å²) in [7, 11) is 1.65. The molecule has 0 radical (unpaired) electrons. The maximum Gasteiger partial charge on any atom is 0.255 e. The number of nitrogens with one attached hydrogen (secondary N) is 2. The molecular formula is C16H22N6O2. The first-order valence-electron chi connectivity index (χ1n) is 7.98. The Labute approximate surface area is 140 Å². The van der Waals surface area contributed by atoms with Gasteiger partial charge in [0.1, 0.15) is 5.82 Å². The van der Waals surface area contributed by atoms with Crippen LogP contribution >= 0.6 is 0 Å². The molecular weight excluding hydrogens is 308 g/mol. The molecule has 0 saturated carbocycles. The predicted molar refractivity (Wildman–Crippen MR) is 88.8 cm³/mol. The van der Waals surface area contributed by atoms with Gasteiger partial charge in [-0.3, -0.25) is 4.79 Å². The van der Waals surface area contributed by atoms with E-state index < -0.39 is 0 Å². The summed E-state index contributed by atoms with van der Waals surface area (Å²) in [6.07, 6.45) is 3.20. The van der Waals surface area contributed by atoms with E-state index in [1.54, 1.807) is 30.5 Å². The van der Waals surface area contributed by atoms with Crippen molar-refractivity contribution in [3.63, 3.8) is 0 Å². The minimum absolute atomic E-state index is 0.0209. The summed E-state index contributed by atoms with van der Waals surface area (Å²) in [6, 6.07) is 3.92. The number of carbonyl (C=O) groups is 1. The second-order valence-corrected chi connectivity index (χ2v) is 6.22. The maximum absolute atomic E-state index is 12.7. The summed E-state index contributed by atoms with van der Waals surface area (Å²) in [5, 5.41) is 13.8. The molecule has 0 aliphatic carbocycles. The number of rotatable bonds is 5. The smallest absolute Gasteiger partial charge is 0.255 e. The summed E-state index contributed by atoms with van der Waals surface area (Å²) in [6.45, 7) is 5.16. The Morgan fingerprint density at radius 3 is 2.79 bits per heavy atom. The van der Waals surface area contributed by atoms with Gasteiger partial charge in [0.25, 0.3) is 5.91 Å². The summed E-state index contributed by atoms with van der Waals surface area (Å²) in [5.74, 6) is 0.734. The van der Waals surface area contributed by atoms with Gasteiger partial charge in [-0.1, -0.05) is 0 Å². The quantitative estimate of drug-likeness (QED) is 0.857. The van der Waals surface area contributed by atoms with E-state index in [1.807, 2.05) is 19.9 Å². The first-order chi connectivity index (χ1) is 11.6. The fourth-order valence-electron chi connectivity index (χ4n) is 2.94. The fraction of sp³-hybridized carbons (Fsp3) is 0.500. The lowest BCUT2D eigenvalue weighted by molar-refractivity contribution is 0.0714. The number of ether oxygens (including phenoxy) is 1. The van der Waals surface area contributed by atoms with Crippen molar-refractivity contribution < 1.29 is 9.53 Å². The molecule has 8 heteroatoms. The van der Waals surface area contributed by atoms with Crippen molar-refractivity contribution in [1.82, 2.24) is 25.3 Å². The highest BCUT2D eigenvalue weighted by Gasteiger charge is 2.38. The van der Waals surface area contributed by atoms with E-state index >= 15 is 0 Å². The van der Waals surface area contributed by atoms with Crippen molar-refractivity contribution in [2.45, 2.75) is 31.9 Å². The zero-order chi connectivity index (χ0) is 17.1. The van der Waals surface area contributed by atoms with Gasteiger partial charge in [0, 0.05) is 32.4 Å². The van der Waals surface area contributed by atoms with E-state index in [9.17, 15) is 4.79 Å². The van der Waals surface area contributed by atoms with Crippen LogP contribution in [0.5, 0.6) is 0 Å². The molecule has 0 bridgehead atoms. The van der Waals surface area contributed by atoms with Crippen molar-refractivity contribution >= 4 is 11.7 Å². The number of pyridine rings is 1. The standard InChI is InChI=1S/C16H22N6O2/c1-10(2)19-15-5-4-11(6-17-15)16(23)22-8-12(14(9-22)24-3)13-7-18-21-20-13/h4-7,10,12,14H,8-9H2,1-3H3,(H,17,19)(H,18,20,21)/t12-,14+/m0/s1. The zero-order valence-electron chi connectivity index (χ0n) is 14.1. The molecule has 0 aromatic carbocycles. The van der Waals surface area contributed by atoms with Crippen LogP contribution in [0.3, 0.4) is 0 Å². The third-order valence-electron chi connectivity index (χ3n) is 4.12. The van der Waals surface area contributed by atoms with Gasteiger partial charge in [0.05, 0.1) is 29.5 Å². The number of likely N-dealkylation sites (tertiary alicyclic amines) is 1. The van der Waals surface area contributed by atoms with Crippen LogP contribution in [0.2, 0.25) is 0 Å².